The van der Waals surface area contributed by atoms with Gasteiger partial charge >= 0.3 is 0 Å². The van der Waals surface area contributed by atoms with E-state index in [2.05, 4.69) is 10.2 Å². The third-order valence-electron chi connectivity index (χ3n) is 4.28. The number of piperazine rings is 1. The van der Waals surface area contributed by atoms with E-state index in [1.165, 1.54) is 19.2 Å². The maximum atomic E-state index is 13.7. The topological polar surface area (TPSA) is 44.8 Å². The van der Waals surface area contributed by atoms with Crippen molar-refractivity contribution in [3.05, 3.63) is 29.6 Å². The highest BCUT2D eigenvalue weighted by Gasteiger charge is 2.29. The molecule has 0 atom stereocenters. The van der Waals surface area contributed by atoms with Gasteiger partial charge < -0.3 is 15.0 Å². The lowest BCUT2D eigenvalue weighted by Crippen LogP contribution is -2.62. The summed E-state index contributed by atoms with van der Waals surface area (Å²) in [6.07, 6.45) is 0. The Morgan fingerprint density at radius 3 is 2.52 bits per heavy atom. The number of hydrogen-bond acceptors (Lipinski definition) is 4. The van der Waals surface area contributed by atoms with E-state index in [-0.39, 0.29) is 11.7 Å². The fourth-order valence-corrected chi connectivity index (χ4v) is 2.80. The van der Waals surface area contributed by atoms with E-state index in [1.54, 1.807) is 11.0 Å². The number of carbonyl (C=O) groups excluding carboxylic acids is 1. The number of methoxy groups -OCH3 is 1. The van der Waals surface area contributed by atoms with E-state index in [1.807, 2.05) is 0 Å². The number of rotatable bonds is 3. The Labute approximate surface area is 123 Å². The molecule has 1 amide bonds. The van der Waals surface area contributed by atoms with Gasteiger partial charge in [-0.2, -0.15) is 0 Å². The summed E-state index contributed by atoms with van der Waals surface area (Å²) in [4.78, 5) is 16.6. The summed E-state index contributed by atoms with van der Waals surface area (Å²) in [6.45, 7) is 5.24. The molecule has 1 aromatic rings. The normalized spacial score (nSPS) is 20.2. The Balaban J connectivity index is 1.62. The van der Waals surface area contributed by atoms with Gasteiger partial charge in [-0.15, -0.1) is 0 Å². The molecular weight excluding hydrogens is 273 g/mol. The Morgan fingerprint density at radius 1 is 1.29 bits per heavy atom. The molecule has 0 aromatic heterocycles. The van der Waals surface area contributed by atoms with E-state index < -0.39 is 5.82 Å². The minimum atomic E-state index is -0.498. The van der Waals surface area contributed by atoms with Gasteiger partial charge in [-0.05, 0) is 18.2 Å². The van der Waals surface area contributed by atoms with Crippen molar-refractivity contribution in [2.75, 3.05) is 46.4 Å². The Bertz CT molecular complexity index is 526. The number of amides is 1. The van der Waals surface area contributed by atoms with Crippen LogP contribution in [-0.2, 0) is 0 Å². The third kappa shape index (κ3) is 2.87. The van der Waals surface area contributed by atoms with Crippen LogP contribution in [0.2, 0.25) is 0 Å². The standard InChI is InChI=1S/C15H20FN3O2/c1-21-14-3-2-11(8-13(14)16)15(20)19-6-4-18(5-7-19)12-9-17-10-12/h2-3,8,12,17H,4-7,9-10H2,1H3. The fraction of sp³-hybridized carbons (Fsp3) is 0.533. The summed E-state index contributed by atoms with van der Waals surface area (Å²) < 4.78 is 18.6. The summed E-state index contributed by atoms with van der Waals surface area (Å²) >= 11 is 0. The molecule has 114 valence electrons. The maximum Gasteiger partial charge on any atom is 0.254 e. The van der Waals surface area contributed by atoms with Crippen LogP contribution in [0.4, 0.5) is 4.39 Å². The van der Waals surface area contributed by atoms with Crippen molar-refractivity contribution in [1.29, 1.82) is 0 Å². The number of carbonyl (C=O) groups is 1. The number of halogens is 1. The molecule has 6 heteroatoms. The summed E-state index contributed by atoms with van der Waals surface area (Å²) in [7, 11) is 1.41. The Morgan fingerprint density at radius 2 is 2.00 bits per heavy atom. The SMILES string of the molecule is COc1ccc(C(=O)N2CCN(C3CNC3)CC2)cc1F. The minimum Gasteiger partial charge on any atom is -0.494 e. The Kier molecular flexibility index (Phi) is 4.07. The van der Waals surface area contributed by atoms with Crippen LogP contribution in [0.5, 0.6) is 5.75 Å². The fourth-order valence-electron chi connectivity index (χ4n) is 2.80. The van der Waals surface area contributed by atoms with Crippen LogP contribution in [0.3, 0.4) is 0 Å². The highest BCUT2D eigenvalue weighted by molar-refractivity contribution is 5.94. The zero-order valence-electron chi connectivity index (χ0n) is 12.1. The average Bonchev–Trinajstić information content (AvgIpc) is 2.45. The molecule has 2 saturated heterocycles. The summed E-state index contributed by atoms with van der Waals surface area (Å²) in [5, 5.41) is 3.26. The summed E-state index contributed by atoms with van der Waals surface area (Å²) in [5.74, 6) is -0.445. The highest BCUT2D eigenvalue weighted by atomic mass is 19.1. The van der Waals surface area contributed by atoms with Crippen LogP contribution in [-0.4, -0.2) is 68.1 Å². The van der Waals surface area contributed by atoms with Crippen molar-refractivity contribution in [2.24, 2.45) is 0 Å². The average molecular weight is 293 g/mol. The van der Waals surface area contributed by atoms with E-state index in [9.17, 15) is 9.18 Å². The lowest BCUT2D eigenvalue weighted by molar-refractivity contribution is 0.0501. The van der Waals surface area contributed by atoms with Gasteiger partial charge in [-0.1, -0.05) is 0 Å². The second-order valence-electron chi connectivity index (χ2n) is 5.49. The molecule has 5 nitrogen and oxygen atoms in total. The Hall–Kier alpha value is -1.66. The molecule has 1 aromatic carbocycles. The second-order valence-corrected chi connectivity index (χ2v) is 5.49. The van der Waals surface area contributed by atoms with Crippen molar-refractivity contribution in [3.63, 3.8) is 0 Å². The third-order valence-corrected chi connectivity index (χ3v) is 4.28. The molecule has 21 heavy (non-hydrogen) atoms. The van der Waals surface area contributed by atoms with Crippen molar-refractivity contribution >= 4 is 5.91 Å². The van der Waals surface area contributed by atoms with Crippen molar-refractivity contribution in [3.8, 4) is 5.75 Å². The molecule has 2 aliphatic rings. The molecule has 0 bridgehead atoms. The molecule has 3 rings (SSSR count). The van der Waals surface area contributed by atoms with Gasteiger partial charge in [0.15, 0.2) is 11.6 Å². The lowest BCUT2D eigenvalue weighted by atomic mass is 10.1. The quantitative estimate of drug-likeness (QED) is 0.885. The van der Waals surface area contributed by atoms with Crippen molar-refractivity contribution in [1.82, 2.24) is 15.1 Å². The summed E-state index contributed by atoms with van der Waals surface area (Å²) in [6, 6.07) is 4.98. The minimum absolute atomic E-state index is 0.108. The number of nitrogens with one attached hydrogen (secondary N) is 1. The summed E-state index contributed by atoms with van der Waals surface area (Å²) in [5.41, 5.74) is 0.382. The van der Waals surface area contributed by atoms with E-state index in [0.717, 1.165) is 26.2 Å². The van der Waals surface area contributed by atoms with Gasteiger partial charge in [0.2, 0.25) is 0 Å². The molecule has 0 spiro atoms. The van der Waals surface area contributed by atoms with Crippen molar-refractivity contribution < 1.29 is 13.9 Å². The molecule has 0 radical (unpaired) electrons. The predicted octanol–water partition coefficient (Wildman–Crippen LogP) is 0.564. The molecule has 1 N–H and O–H groups in total. The van der Waals surface area contributed by atoms with Gasteiger partial charge in [-0.25, -0.2) is 4.39 Å². The first-order valence-corrected chi connectivity index (χ1v) is 7.26. The first-order valence-electron chi connectivity index (χ1n) is 7.26. The molecule has 2 heterocycles. The lowest BCUT2D eigenvalue weighted by Gasteiger charge is -2.43. The molecule has 2 fully saturated rings. The van der Waals surface area contributed by atoms with Crippen LogP contribution >= 0.6 is 0 Å². The molecule has 0 unspecified atom stereocenters. The zero-order chi connectivity index (χ0) is 14.8. The van der Waals surface area contributed by atoms with E-state index >= 15 is 0 Å². The molecule has 2 aliphatic heterocycles. The van der Waals surface area contributed by atoms with Gasteiger partial charge in [-0.3, -0.25) is 9.69 Å². The van der Waals surface area contributed by atoms with Crippen LogP contribution in [0.25, 0.3) is 0 Å². The number of hydrogen-bond donors (Lipinski definition) is 1. The second kappa shape index (κ2) is 5.99. The first-order chi connectivity index (χ1) is 10.2. The molecule has 0 aliphatic carbocycles. The van der Waals surface area contributed by atoms with Gasteiger partial charge in [0.25, 0.3) is 5.91 Å². The van der Waals surface area contributed by atoms with Crippen molar-refractivity contribution in [2.45, 2.75) is 6.04 Å². The largest absolute Gasteiger partial charge is 0.494 e. The molecule has 0 saturated carbocycles. The van der Waals surface area contributed by atoms with Gasteiger partial charge in [0, 0.05) is 50.9 Å². The number of ether oxygens (including phenoxy) is 1. The van der Waals surface area contributed by atoms with E-state index in [4.69, 9.17) is 4.74 Å². The zero-order valence-corrected chi connectivity index (χ0v) is 12.1. The number of nitrogens with zero attached hydrogens (tertiary/aromatic N) is 2. The van der Waals surface area contributed by atoms with Crippen LogP contribution in [0.15, 0.2) is 18.2 Å². The van der Waals surface area contributed by atoms with Crippen LogP contribution in [0.1, 0.15) is 10.4 Å². The van der Waals surface area contributed by atoms with Gasteiger partial charge in [0.1, 0.15) is 0 Å². The van der Waals surface area contributed by atoms with E-state index in [0.29, 0.717) is 24.7 Å². The maximum absolute atomic E-state index is 13.7. The van der Waals surface area contributed by atoms with Crippen LogP contribution < -0.4 is 10.1 Å². The smallest absolute Gasteiger partial charge is 0.254 e. The number of benzene rings is 1. The van der Waals surface area contributed by atoms with Crippen LogP contribution in [0, 0.1) is 5.82 Å². The van der Waals surface area contributed by atoms with Gasteiger partial charge in [0.05, 0.1) is 7.11 Å². The monoisotopic (exact) mass is 293 g/mol. The predicted molar refractivity (Wildman–Crippen MR) is 77.1 cm³/mol. The first kappa shape index (κ1) is 14.3. The molecular formula is C15H20FN3O2. The highest BCUT2D eigenvalue weighted by Crippen LogP contribution is 2.19.